The Labute approximate surface area is 226 Å². The molecule has 2 N–H and O–H groups in total. The highest BCUT2D eigenvalue weighted by Gasteiger charge is 2.17. The van der Waals surface area contributed by atoms with Crippen LogP contribution in [0.4, 0.5) is 11.4 Å². The van der Waals surface area contributed by atoms with Crippen molar-refractivity contribution >= 4 is 51.9 Å². The fraction of sp³-hybridized carbons (Fsp3) is 0.269. The van der Waals surface area contributed by atoms with Crippen LogP contribution in [0.15, 0.2) is 42.5 Å². The summed E-state index contributed by atoms with van der Waals surface area (Å²) in [5.74, 6) is 0.822. The second kappa shape index (κ2) is 10.9. The Hall–Kier alpha value is -3.07. The van der Waals surface area contributed by atoms with Gasteiger partial charge >= 0.3 is 0 Å². The molecule has 0 aliphatic rings. The van der Waals surface area contributed by atoms with E-state index < -0.39 is 0 Å². The van der Waals surface area contributed by atoms with Gasteiger partial charge in [0.05, 0.1) is 64.4 Å². The van der Waals surface area contributed by atoms with Crippen LogP contribution in [0.3, 0.4) is 0 Å². The van der Waals surface area contributed by atoms with Gasteiger partial charge in [-0.2, -0.15) is 10.2 Å². The highest BCUT2D eigenvalue weighted by molar-refractivity contribution is 7.80. The molecule has 10 heteroatoms. The van der Waals surface area contributed by atoms with Gasteiger partial charge in [0.1, 0.15) is 5.75 Å². The van der Waals surface area contributed by atoms with Crippen LogP contribution < -0.4 is 15.4 Å². The van der Waals surface area contributed by atoms with Gasteiger partial charge in [-0.3, -0.25) is 9.36 Å². The molecule has 0 fully saturated rings. The molecule has 0 amide bonds. The zero-order valence-electron chi connectivity index (χ0n) is 20.8. The lowest BCUT2D eigenvalue weighted by Crippen LogP contribution is -2.21. The first kappa shape index (κ1) is 26.0. The minimum atomic E-state index is 0.474. The third kappa shape index (κ3) is 5.67. The van der Waals surface area contributed by atoms with Gasteiger partial charge in [-0.05, 0) is 75.3 Å². The van der Waals surface area contributed by atoms with E-state index in [-0.39, 0.29) is 0 Å². The van der Waals surface area contributed by atoms with E-state index in [1.54, 1.807) is 13.2 Å². The number of hydrogen-bond acceptors (Lipinski definition) is 4. The second-order valence-corrected chi connectivity index (χ2v) is 9.81. The first-order chi connectivity index (χ1) is 17.2. The van der Waals surface area contributed by atoms with Gasteiger partial charge in [0, 0.05) is 0 Å². The third-order valence-corrected chi connectivity index (χ3v) is 6.97. The molecular weight excluding hydrogens is 515 g/mol. The van der Waals surface area contributed by atoms with Crippen LogP contribution in [0.5, 0.6) is 5.75 Å². The van der Waals surface area contributed by atoms with Gasteiger partial charge < -0.3 is 15.4 Å². The molecule has 7 nitrogen and oxygen atoms in total. The SMILES string of the molecule is COc1cccc(Cn2nc(C)c(NC(=S)Nc3c(C)nn(Cc4ccc(Cl)c(Cl)c4)c3C)c2C)c1. The predicted molar refractivity (Wildman–Crippen MR) is 151 cm³/mol. The van der Waals surface area contributed by atoms with Crippen molar-refractivity contribution in [2.45, 2.75) is 40.8 Å². The molecule has 188 valence electrons. The summed E-state index contributed by atoms with van der Waals surface area (Å²) in [4.78, 5) is 0. The van der Waals surface area contributed by atoms with E-state index >= 15 is 0 Å². The van der Waals surface area contributed by atoms with Gasteiger partial charge in [-0.25, -0.2) is 0 Å². The first-order valence-electron chi connectivity index (χ1n) is 11.4. The number of rotatable bonds is 7. The average Bonchev–Trinajstić information content (AvgIpc) is 3.25. The molecule has 0 aliphatic heterocycles. The summed E-state index contributed by atoms with van der Waals surface area (Å²) in [6, 6.07) is 13.6. The molecule has 0 unspecified atom stereocenters. The van der Waals surface area contributed by atoms with Crippen LogP contribution in [0.2, 0.25) is 10.0 Å². The van der Waals surface area contributed by atoms with E-state index in [0.717, 1.165) is 51.0 Å². The molecular formula is C26H28Cl2N6OS. The Kier molecular flexibility index (Phi) is 7.88. The number of hydrogen-bond donors (Lipinski definition) is 2. The Morgan fingerprint density at radius 3 is 1.92 bits per heavy atom. The molecule has 2 aromatic heterocycles. The van der Waals surface area contributed by atoms with Crippen LogP contribution in [0, 0.1) is 27.7 Å². The Balaban J connectivity index is 1.47. The van der Waals surface area contributed by atoms with Crippen LogP contribution in [0.25, 0.3) is 0 Å². The zero-order valence-corrected chi connectivity index (χ0v) is 23.1. The molecule has 4 aromatic rings. The lowest BCUT2D eigenvalue weighted by molar-refractivity contribution is 0.414. The number of methoxy groups -OCH3 is 1. The summed E-state index contributed by atoms with van der Waals surface area (Å²) in [5, 5.41) is 17.6. The molecule has 2 aromatic carbocycles. The number of benzene rings is 2. The number of nitrogens with one attached hydrogen (secondary N) is 2. The van der Waals surface area contributed by atoms with Crippen molar-refractivity contribution in [3.63, 3.8) is 0 Å². The summed E-state index contributed by atoms with van der Waals surface area (Å²) in [7, 11) is 1.67. The van der Waals surface area contributed by atoms with Crippen LogP contribution in [-0.2, 0) is 13.1 Å². The Morgan fingerprint density at radius 2 is 1.39 bits per heavy atom. The smallest absolute Gasteiger partial charge is 0.175 e. The van der Waals surface area contributed by atoms with E-state index in [0.29, 0.717) is 28.2 Å². The quantitative estimate of drug-likeness (QED) is 0.258. The van der Waals surface area contributed by atoms with E-state index in [1.807, 2.05) is 67.4 Å². The largest absolute Gasteiger partial charge is 0.497 e. The maximum Gasteiger partial charge on any atom is 0.175 e. The number of aromatic nitrogens is 4. The molecule has 2 heterocycles. The van der Waals surface area contributed by atoms with Crippen molar-refractivity contribution in [2.24, 2.45) is 0 Å². The number of nitrogens with zero attached hydrogens (tertiary/aromatic N) is 4. The second-order valence-electron chi connectivity index (χ2n) is 8.59. The molecule has 0 saturated heterocycles. The fourth-order valence-corrected chi connectivity index (χ4v) is 4.60. The zero-order chi connectivity index (χ0) is 26.0. The van der Waals surface area contributed by atoms with E-state index in [2.05, 4.69) is 21.8 Å². The van der Waals surface area contributed by atoms with Gasteiger partial charge in [-0.15, -0.1) is 0 Å². The maximum atomic E-state index is 6.18. The molecule has 0 aliphatic carbocycles. The highest BCUT2D eigenvalue weighted by Crippen LogP contribution is 2.26. The van der Waals surface area contributed by atoms with Crippen LogP contribution >= 0.6 is 35.4 Å². The summed E-state index contributed by atoms with van der Waals surface area (Å²) in [6.07, 6.45) is 0. The Bertz CT molecular complexity index is 1430. The third-order valence-electron chi connectivity index (χ3n) is 6.02. The van der Waals surface area contributed by atoms with Crippen molar-refractivity contribution in [3.8, 4) is 5.75 Å². The topological polar surface area (TPSA) is 68.9 Å². The van der Waals surface area contributed by atoms with Gasteiger partial charge in [-0.1, -0.05) is 41.4 Å². The van der Waals surface area contributed by atoms with Crippen LogP contribution in [-0.4, -0.2) is 31.8 Å². The van der Waals surface area contributed by atoms with Gasteiger partial charge in [0.2, 0.25) is 0 Å². The minimum absolute atomic E-state index is 0.474. The Morgan fingerprint density at radius 1 is 0.833 bits per heavy atom. The first-order valence-corrected chi connectivity index (χ1v) is 12.6. The van der Waals surface area contributed by atoms with Crippen LogP contribution in [0.1, 0.15) is 33.9 Å². The number of thiocarbonyl (C=S) groups is 1. The molecule has 0 saturated carbocycles. The molecule has 4 rings (SSSR count). The molecule has 0 bridgehead atoms. The standard InChI is InChI=1S/C26H28Cl2N6OS/c1-15-24(17(3)33(31-15)13-19-7-6-8-21(11-19)35-5)29-26(36)30-25-16(2)32-34(18(25)4)14-20-9-10-22(27)23(28)12-20/h6-12H,13-14H2,1-5H3,(H2,29,30,36). The van der Waals surface area contributed by atoms with Crippen molar-refractivity contribution in [3.05, 3.63) is 86.4 Å². The number of aryl methyl sites for hydroxylation is 2. The lowest BCUT2D eigenvalue weighted by Gasteiger charge is -2.12. The molecule has 36 heavy (non-hydrogen) atoms. The van der Waals surface area contributed by atoms with E-state index in [9.17, 15) is 0 Å². The predicted octanol–water partition coefficient (Wildman–Crippen LogP) is 6.53. The van der Waals surface area contributed by atoms with Crippen molar-refractivity contribution in [1.29, 1.82) is 0 Å². The number of anilines is 2. The molecule has 0 radical (unpaired) electrons. The normalized spacial score (nSPS) is 11.0. The average molecular weight is 544 g/mol. The number of ether oxygens (including phenoxy) is 1. The summed E-state index contributed by atoms with van der Waals surface area (Å²) in [6.45, 7) is 9.14. The monoisotopic (exact) mass is 542 g/mol. The molecule has 0 atom stereocenters. The minimum Gasteiger partial charge on any atom is -0.497 e. The van der Waals surface area contributed by atoms with Crippen molar-refractivity contribution in [2.75, 3.05) is 17.7 Å². The van der Waals surface area contributed by atoms with Gasteiger partial charge in [0.15, 0.2) is 5.11 Å². The summed E-state index contributed by atoms with van der Waals surface area (Å²) in [5.41, 5.74) is 7.53. The van der Waals surface area contributed by atoms with Crippen molar-refractivity contribution in [1.82, 2.24) is 19.6 Å². The van der Waals surface area contributed by atoms with Gasteiger partial charge in [0.25, 0.3) is 0 Å². The molecule has 0 spiro atoms. The number of halogens is 2. The summed E-state index contributed by atoms with van der Waals surface area (Å²) >= 11 is 17.9. The van der Waals surface area contributed by atoms with E-state index in [1.165, 1.54) is 0 Å². The lowest BCUT2D eigenvalue weighted by atomic mass is 10.2. The highest BCUT2D eigenvalue weighted by atomic mass is 35.5. The fourth-order valence-electron chi connectivity index (χ4n) is 4.08. The van der Waals surface area contributed by atoms with E-state index in [4.69, 9.17) is 45.3 Å². The summed E-state index contributed by atoms with van der Waals surface area (Å²) < 4.78 is 9.22. The maximum absolute atomic E-state index is 6.18. The van der Waals surface area contributed by atoms with Crippen molar-refractivity contribution < 1.29 is 4.74 Å².